The summed E-state index contributed by atoms with van der Waals surface area (Å²) in [6, 6.07) is 23.5. The molecule has 2 N–H and O–H groups in total. The van der Waals surface area contributed by atoms with Crippen LogP contribution >= 0.6 is 12.2 Å². The highest BCUT2D eigenvalue weighted by atomic mass is 32.1. The van der Waals surface area contributed by atoms with Gasteiger partial charge in [0.1, 0.15) is 0 Å². The van der Waals surface area contributed by atoms with Gasteiger partial charge < -0.3 is 20.1 Å². The minimum atomic E-state index is -0.142. The van der Waals surface area contributed by atoms with Crippen LogP contribution in [0.25, 0.3) is 0 Å². The van der Waals surface area contributed by atoms with E-state index in [1.165, 1.54) is 0 Å². The van der Waals surface area contributed by atoms with Crippen molar-refractivity contribution in [3.63, 3.8) is 0 Å². The molecule has 0 unspecified atom stereocenters. The van der Waals surface area contributed by atoms with E-state index in [-0.39, 0.29) is 18.0 Å². The van der Waals surface area contributed by atoms with Crippen LogP contribution in [0, 0.1) is 6.92 Å². The average molecular weight is 497 g/mol. The second-order valence-electron chi connectivity index (χ2n) is 8.87. The zero-order valence-corrected chi connectivity index (χ0v) is 20.9. The largest absolute Gasteiger partial charge is 0.352 e. The zero-order valence-electron chi connectivity index (χ0n) is 20.0. The molecule has 1 saturated heterocycles. The van der Waals surface area contributed by atoms with Crippen molar-refractivity contribution in [1.82, 2.24) is 24.8 Å². The summed E-state index contributed by atoms with van der Waals surface area (Å²) >= 11 is 5.77. The van der Waals surface area contributed by atoms with Crippen LogP contribution < -0.4 is 10.6 Å². The maximum absolute atomic E-state index is 12.8. The number of hydrogen-bond acceptors (Lipinski definition) is 4. The van der Waals surface area contributed by atoms with Gasteiger partial charge in [-0.25, -0.2) is 0 Å². The molecule has 36 heavy (non-hydrogen) atoms. The van der Waals surface area contributed by atoms with Gasteiger partial charge in [-0.15, -0.1) is 0 Å². The van der Waals surface area contributed by atoms with Crippen molar-refractivity contribution in [1.29, 1.82) is 0 Å². The van der Waals surface area contributed by atoms with E-state index in [1.54, 1.807) is 12.4 Å². The van der Waals surface area contributed by atoms with E-state index in [4.69, 9.17) is 12.2 Å². The number of nitrogens with one attached hydrogen (secondary N) is 2. The molecular weight excluding hydrogens is 468 g/mol. The average Bonchev–Trinajstić information content (AvgIpc) is 3.48. The van der Waals surface area contributed by atoms with Crippen molar-refractivity contribution >= 4 is 28.9 Å². The minimum Gasteiger partial charge on any atom is -0.352 e. The Hall–Kier alpha value is -4.04. The molecule has 4 aromatic rings. The molecule has 182 valence electrons. The number of aromatic nitrogens is 3. The number of rotatable bonds is 8. The summed E-state index contributed by atoms with van der Waals surface area (Å²) in [5.74, 6) is -0.0504. The molecule has 1 aliphatic rings. The first kappa shape index (κ1) is 23.7. The molecule has 4 heterocycles. The monoisotopic (exact) mass is 496 g/mol. The van der Waals surface area contributed by atoms with Gasteiger partial charge in [0.15, 0.2) is 5.11 Å². The zero-order chi connectivity index (χ0) is 24.9. The van der Waals surface area contributed by atoms with Gasteiger partial charge in [-0.1, -0.05) is 29.8 Å². The molecule has 1 aromatic carbocycles. The molecule has 1 amide bonds. The van der Waals surface area contributed by atoms with E-state index < -0.39 is 0 Å². The topological polar surface area (TPSA) is 75.1 Å². The number of nitrogens with zero attached hydrogens (tertiary/aromatic N) is 4. The normalized spacial score (nSPS) is 17.1. The molecule has 0 saturated carbocycles. The number of aryl methyl sites for hydroxylation is 1. The van der Waals surface area contributed by atoms with Crippen molar-refractivity contribution in [3.8, 4) is 0 Å². The van der Waals surface area contributed by atoms with Crippen LogP contribution in [0.5, 0.6) is 0 Å². The van der Waals surface area contributed by atoms with E-state index in [1.807, 2.05) is 73.7 Å². The number of amides is 1. The van der Waals surface area contributed by atoms with E-state index >= 15 is 0 Å². The predicted octanol–water partition coefficient (Wildman–Crippen LogP) is 4.64. The lowest BCUT2D eigenvalue weighted by Crippen LogP contribution is -2.33. The number of thiocarbonyl (C=S) groups is 1. The first-order chi connectivity index (χ1) is 17.6. The van der Waals surface area contributed by atoms with Crippen LogP contribution in [-0.4, -0.2) is 37.0 Å². The van der Waals surface area contributed by atoms with E-state index in [9.17, 15) is 4.79 Å². The van der Waals surface area contributed by atoms with Crippen LogP contribution in [0.15, 0.2) is 91.4 Å². The Bertz CT molecular complexity index is 1320. The summed E-state index contributed by atoms with van der Waals surface area (Å²) < 4.78 is 2.19. The SMILES string of the molecule is Cc1ccc(NC(=O)CCN2C(=S)N[C@H](c3ccccn3)[C@@H]2c2cccn2Cc2ccccn2)cc1. The maximum atomic E-state index is 12.8. The molecule has 0 radical (unpaired) electrons. The first-order valence-electron chi connectivity index (χ1n) is 12.0. The molecule has 8 heteroatoms. The first-order valence-corrected chi connectivity index (χ1v) is 12.4. The highest BCUT2D eigenvalue weighted by Gasteiger charge is 2.41. The summed E-state index contributed by atoms with van der Waals surface area (Å²) in [5.41, 5.74) is 4.91. The molecule has 2 atom stereocenters. The van der Waals surface area contributed by atoms with Gasteiger partial charge in [0.2, 0.25) is 5.91 Å². The Kier molecular flexibility index (Phi) is 7.04. The molecule has 1 aliphatic heterocycles. The third-order valence-electron chi connectivity index (χ3n) is 6.34. The van der Waals surface area contributed by atoms with Crippen LogP contribution in [0.2, 0.25) is 0 Å². The highest BCUT2D eigenvalue weighted by Crippen LogP contribution is 2.39. The Morgan fingerprint density at radius 1 is 1.00 bits per heavy atom. The summed E-state index contributed by atoms with van der Waals surface area (Å²) in [5, 5.41) is 7.07. The second-order valence-corrected chi connectivity index (χ2v) is 9.25. The fourth-order valence-corrected chi connectivity index (χ4v) is 4.89. The third-order valence-corrected chi connectivity index (χ3v) is 6.69. The molecule has 3 aromatic heterocycles. The molecule has 0 bridgehead atoms. The number of anilines is 1. The molecule has 0 aliphatic carbocycles. The maximum Gasteiger partial charge on any atom is 0.226 e. The van der Waals surface area contributed by atoms with E-state index in [0.717, 1.165) is 28.3 Å². The summed E-state index contributed by atoms with van der Waals surface area (Å²) in [4.78, 5) is 24.0. The lowest BCUT2D eigenvalue weighted by atomic mass is 10.0. The minimum absolute atomic E-state index is 0.0504. The van der Waals surface area contributed by atoms with Gasteiger partial charge in [-0.2, -0.15) is 0 Å². The van der Waals surface area contributed by atoms with Gasteiger partial charge in [-0.05, 0) is 67.7 Å². The van der Waals surface area contributed by atoms with E-state index in [2.05, 4.69) is 42.3 Å². The van der Waals surface area contributed by atoms with E-state index in [0.29, 0.717) is 24.6 Å². The lowest BCUT2D eigenvalue weighted by Gasteiger charge is -2.28. The molecule has 5 rings (SSSR count). The van der Waals surface area contributed by atoms with Crippen molar-refractivity contribution in [3.05, 3.63) is 114 Å². The molecule has 1 fully saturated rings. The van der Waals surface area contributed by atoms with Gasteiger partial charge in [-0.3, -0.25) is 14.8 Å². The van der Waals surface area contributed by atoms with Gasteiger partial charge >= 0.3 is 0 Å². The predicted molar refractivity (Wildman–Crippen MR) is 144 cm³/mol. The number of hydrogen-bond donors (Lipinski definition) is 2. The number of carbonyl (C=O) groups is 1. The van der Waals surface area contributed by atoms with Crippen LogP contribution in [0.1, 0.15) is 41.1 Å². The quantitative estimate of drug-likeness (QED) is 0.346. The Morgan fingerprint density at radius 3 is 2.50 bits per heavy atom. The standard InChI is InChI=1S/C28H28N6OS/c1-20-10-12-21(13-11-20)31-25(35)14-18-34-27(26(32-28(34)36)23-8-3-5-16-30-23)24-9-6-17-33(24)19-22-7-2-4-15-29-22/h2-13,15-17,26-27H,14,18-19H2,1H3,(H,31,35)(H,32,36)/t26-,27+/m1/s1. The smallest absolute Gasteiger partial charge is 0.226 e. The number of pyridine rings is 2. The highest BCUT2D eigenvalue weighted by molar-refractivity contribution is 7.80. The van der Waals surface area contributed by atoms with Crippen LogP contribution in [0.4, 0.5) is 5.69 Å². The summed E-state index contributed by atoms with van der Waals surface area (Å²) in [7, 11) is 0. The lowest BCUT2D eigenvalue weighted by molar-refractivity contribution is -0.116. The van der Waals surface area contributed by atoms with Crippen LogP contribution in [0.3, 0.4) is 0 Å². The fourth-order valence-electron chi connectivity index (χ4n) is 4.56. The molecule has 0 spiro atoms. The molecule has 7 nitrogen and oxygen atoms in total. The summed E-state index contributed by atoms with van der Waals surface area (Å²) in [6.07, 6.45) is 5.97. The van der Waals surface area contributed by atoms with Gasteiger partial charge in [0, 0.05) is 42.9 Å². The number of benzene rings is 1. The van der Waals surface area contributed by atoms with Crippen molar-refractivity contribution in [2.75, 3.05) is 11.9 Å². The number of carbonyl (C=O) groups excluding carboxylic acids is 1. The third kappa shape index (κ3) is 5.28. The van der Waals surface area contributed by atoms with Crippen molar-refractivity contribution in [2.45, 2.75) is 32.0 Å². The van der Waals surface area contributed by atoms with Crippen molar-refractivity contribution in [2.24, 2.45) is 0 Å². The summed E-state index contributed by atoms with van der Waals surface area (Å²) in [6.45, 7) is 3.14. The molecular formula is C28H28N6OS. The van der Waals surface area contributed by atoms with Gasteiger partial charge in [0.05, 0.1) is 30.0 Å². The van der Waals surface area contributed by atoms with Crippen molar-refractivity contribution < 1.29 is 4.79 Å². The Labute approximate surface area is 216 Å². The van der Waals surface area contributed by atoms with Crippen LogP contribution in [-0.2, 0) is 11.3 Å². The van der Waals surface area contributed by atoms with Gasteiger partial charge in [0.25, 0.3) is 0 Å². The fraction of sp³-hybridized carbons (Fsp3) is 0.214. The Balaban J connectivity index is 1.39. The second kappa shape index (κ2) is 10.7. The Morgan fingerprint density at radius 2 is 1.78 bits per heavy atom.